The van der Waals surface area contributed by atoms with Crippen LogP contribution in [-0.2, 0) is 9.53 Å². The molecule has 0 spiro atoms. The number of hydrogen-bond acceptors (Lipinski definition) is 5. The molecule has 2 aromatic carbocycles. The fourth-order valence-corrected chi connectivity index (χ4v) is 3.76. The van der Waals surface area contributed by atoms with Gasteiger partial charge in [0.15, 0.2) is 0 Å². The van der Waals surface area contributed by atoms with Crippen molar-refractivity contribution in [2.24, 2.45) is 0 Å². The lowest BCUT2D eigenvalue weighted by Crippen LogP contribution is -2.45. The zero-order valence-corrected chi connectivity index (χ0v) is 20.0. The van der Waals surface area contributed by atoms with E-state index >= 15 is 0 Å². The van der Waals surface area contributed by atoms with Crippen molar-refractivity contribution in [3.05, 3.63) is 83.6 Å². The number of carbonyl (C=O) groups excluding carboxylic acids is 2. The Labute approximate surface area is 201 Å². The lowest BCUT2D eigenvalue weighted by atomic mass is 9.98. The van der Waals surface area contributed by atoms with Gasteiger partial charge in [-0.15, -0.1) is 0 Å². The summed E-state index contributed by atoms with van der Waals surface area (Å²) in [5, 5.41) is 15.8. The summed E-state index contributed by atoms with van der Waals surface area (Å²) in [4.78, 5) is 26.9. The summed E-state index contributed by atoms with van der Waals surface area (Å²) in [5.74, 6) is -0.445. The number of rotatable bonds is 6. The molecular weight excluding hydrogens is 428 g/mol. The van der Waals surface area contributed by atoms with Crippen molar-refractivity contribution >= 4 is 12.0 Å². The monoisotopic (exact) mass is 460 g/mol. The van der Waals surface area contributed by atoms with Crippen LogP contribution in [0.15, 0.2) is 72.4 Å². The van der Waals surface area contributed by atoms with Gasteiger partial charge in [-0.05, 0) is 44.7 Å². The number of nitriles is 1. The van der Waals surface area contributed by atoms with Crippen molar-refractivity contribution < 1.29 is 14.3 Å². The molecule has 3 rings (SSSR count). The van der Waals surface area contributed by atoms with E-state index in [1.54, 1.807) is 4.90 Å². The van der Waals surface area contributed by atoms with Crippen molar-refractivity contribution in [2.75, 3.05) is 13.1 Å². The van der Waals surface area contributed by atoms with E-state index in [2.05, 4.69) is 10.6 Å². The third-order valence-corrected chi connectivity index (χ3v) is 5.52. The molecule has 7 heteroatoms. The second kappa shape index (κ2) is 11.4. The summed E-state index contributed by atoms with van der Waals surface area (Å²) >= 11 is 0. The maximum Gasteiger partial charge on any atom is 0.410 e. The standard InChI is InChI=1S/C27H32N4O3/c1-27(2,3)34-26(33)31-16-14-23(15-17-31)29-19-22(18-28)25(32)30-24(20-10-6-4-7-11-20)21-12-8-5-9-13-21/h4-13,19,23-24,29H,14-17H2,1-3H3,(H,30,32)/b22-19-. The molecule has 2 amide bonds. The van der Waals surface area contributed by atoms with Crippen LogP contribution in [-0.4, -0.2) is 41.6 Å². The Bertz CT molecular complexity index is 992. The van der Waals surface area contributed by atoms with E-state index in [9.17, 15) is 14.9 Å². The number of ether oxygens (including phenoxy) is 1. The van der Waals surface area contributed by atoms with Crippen molar-refractivity contribution in [3.63, 3.8) is 0 Å². The lowest BCUT2D eigenvalue weighted by molar-refractivity contribution is -0.117. The number of amides is 2. The molecular formula is C27H32N4O3. The minimum Gasteiger partial charge on any atom is -0.444 e. The Kier molecular flexibility index (Phi) is 8.31. The molecule has 0 aliphatic carbocycles. The van der Waals surface area contributed by atoms with E-state index in [-0.39, 0.29) is 23.8 Å². The minimum atomic E-state index is -0.526. The molecule has 1 fully saturated rings. The van der Waals surface area contributed by atoms with Crippen LogP contribution in [0.5, 0.6) is 0 Å². The Morgan fingerprint density at radius 1 is 1.03 bits per heavy atom. The first-order chi connectivity index (χ1) is 16.3. The fourth-order valence-electron chi connectivity index (χ4n) is 3.76. The molecule has 0 saturated carbocycles. The topological polar surface area (TPSA) is 94.5 Å². The zero-order valence-electron chi connectivity index (χ0n) is 20.0. The Morgan fingerprint density at radius 2 is 1.56 bits per heavy atom. The van der Waals surface area contributed by atoms with Crippen molar-refractivity contribution in [3.8, 4) is 6.07 Å². The summed E-state index contributed by atoms with van der Waals surface area (Å²) in [6.07, 6.45) is 2.57. The van der Waals surface area contributed by atoms with E-state index in [1.165, 1.54) is 6.20 Å². The van der Waals surface area contributed by atoms with Crippen LogP contribution in [0.4, 0.5) is 4.79 Å². The molecule has 2 aromatic rings. The Morgan fingerprint density at radius 3 is 2.03 bits per heavy atom. The molecule has 0 bridgehead atoms. The maximum atomic E-state index is 13.0. The first kappa shape index (κ1) is 24.8. The predicted octanol–water partition coefficient (Wildman–Crippen LogP) is 4.29. The summed E-state index contributed by atoms with van der Waals surface area (Å²) in [6, 6.07) is 21.0. The van der Waals surface area contributed by atoms with Crippen molar-refractivity contribution in [2.45, 2.75) is 51.3 Å². The molecule has 0 radical (unpaired) electrons. The van der Waals surface area contributed by atoms with E-state index < -0.39 is 11.5 Å². The molecule has 7 nitrogen and oxygen atoms in total. The number of carbonyl (C=O) groups is 2. The molecule has 1 heterocycles. The molecule has 34 heavy (non-hydrogen) atoms. The smallest absolute Gasteiger partial charge is 0.410 e. The van der Waals surface area contributed by atoms with Gasteiger partial charge >= 0.3 is 6.09 Å². The number of piperidine rings is 1. The van der Waals surface area contributed by atoms with Gasteiger partial charge in [-0.3, -0.25) is 4.79 Å². The molecule has 0 atom stereocenters. The summed E-state index contributed by atoms with van der Waals surface area (Å²) in [7, 11) is 0. The zero-order chi connectivity index (χ0) is 24.6. The molecule has 0 aromatic heterocycles. The first-order valence-corrected chi connectivity index (χ1v) is 11.5. The van der Waals surface area contributed by atoms with Crippen LogP contribution in [0.3, 0.4) is 0 Å². The summed E-state index contributed by atoms with van der Waals surface area (Å²) in [5.41, 5.74) is 1.34. The van der Waals surface area contributed by atoms with Crippen LogP contribution < -0.4 is 10.6 Å². The molecule has 1 aliphatic heterocycles. The number of benzene rings is 2. The highest BCUT2D eigenvalue weighted by Gasteiger charge is 2.27. The van der Waals surface area contributed by atoms with Crippen LogP contribution in [0, 0.1) is 11.3 Å². The summed E-state index contributed by atoms with van der Waals surface area (Å²) < 4.78 is 5.43. The average Bonchev–Trinajstić information content (AvgIpc) is 2.83. The van der Waals surface area contributed by atoms with Crippen LogP contribution >= 0.6 is 0 Å². The summed E-state index contributed by atoms with van der Waals surface area (Å²) in [6.45, 7) is 6.65. The van der Waals surface area contributed by atoms with Gasteiger partial charge < -0.3 is 20.3 Å². The number of hydrogen-bond donors (Lipinski definition) is 2. The molecule has 2 N–H and O–H groups in total. The SMILES string of the molecule is CC(C)(C)OC(=O)N1CCC(N/C=C(/C#N)C(=O)NC(c2ccccc2)c2ccccc2)CC1. The lowest BCUT2D eigenvalue weighted by Gasteiger charge is -2.33. The molecule has 1 saturated heterocycles. The first-order valence-electron chi connectivity index (χ1n) is 11.5. The van der Waals surface area contributed by atoms with Gasteiger partial charge in [0.25, 0.3) is 5.91 Å². The fraction of sp³-hybridized carbons (Fsp3) is 0.370. The van der Waals surface area contributed by atoms with E-state index in [0.717, 1.165) is 11.1 Å². The van der Waals surface area contributed by atoms with Gasteiger partial charge in [-0.2, -0.15) is 5.26 Å². The average molecular weight is 461 g/mol. The van der Waals surface area contributed by atoms with Crippen molar-refractivity contribution in [1.29, 1.82) is 5.26 Å². The number of likely N-dealkylation sites (tertiary alicyclic amines) is 1. The highest BCUT2D eigenvalue weighted by molar-refractivity contribution is 5.97. The number of nitrogens with zero attached hydrogens (tertiary/aromatic N) is 2. The molecule has 1 aliphatic rings. The second-order valence-corrected chi connectivity index (χ2v) is 9.31. The predicted molar refractivity (Wildman–Crippen MR) is 131 cm³/mol. The molecule has 178 valence electrons. The van der Waals surface area contributed by atoms with Gasteiger partial charge in [0.2, 0.25) is 0 Å². The van der Waals surface area contributed by atoms with Gasteiger partial charge in [0, 0.05) is 25.3 Å². The van der Waals surface area contributed by atoms with Crippen LogP contribution in [0.2, 0.25) is 0 Å². The number of nitrogens with one attached hydrogen (secondary N) is 2. The minimum absolute atomic E-state index is 0.00596. The third kappa shape index (κ3) is 7.11. The third-order valence-electron chi connectivity index (χ3n) is 5.52. The van der Waals surface area contributed by atoms with E-state index in [1.807, 2.05) is 87.5 Å². The quantitative estimate of drug-likeness (QED) is 0.495. The van der Waals surface area contributed by atoms with Crippen molar-refractivity contribution in [1.82, 2.24) is 15.5 Å². The maximum absolute atomic E-state index is 13.0. The normalized spacial score (nSPS) is 14.9. The second-order valence-electron chi connectivity index (χ2n) is 9.31. The van der Waals surface area contributed by atoms with Gasteiger partial charge in [0.05, 0.1) is 6.04 Å². The molecule has 0 unspecified atom stereocenters. The Hall–Kier alpha value is -3.79. The van der Waals surface area contributed by atoms with Gasteiger partial charge in [-0.1, -0.05) is 60.7 Å². The van der Waals surface area contributed by atoms with Gasteiger partial charge in [-0.25, -0.2) is 4.79 Å². The largest absolute Gasteiger partial charge is 0.444 e. The highest BCUT2D eigenvalue weighted by Crippen LogP contribution is 2.22. The highest BCUT2D eigenvalue weighted by atomic mass is 16.6. The van der Waals surface area contributed by atoms with Gasteiger partial charge in [0.1, 0.15) is 17.2 Å². The van der Waals surface area contributed by atoms with Crippen LogP contribution in [0.25, 0.3) is 0 Å². The van der Waals surface area contributed by atoms with E-state index in [0.29, 0.717) is 25.9 Å². The van der Waals surface area contributed by atoms with E-state index in [4.69, 9.17) is 4.74 Å². The van der Waals surface area contributed by atoms with Crippen LogP contribution in [0.1, 0.15) is 50.8 Å². The Balaban J connectivity index is 1.61.